The maximum atomic E-state index is 6.22. The molecule has 2 unspecified atom stereocenters. The van der Waals surface area contributed by atoms with Crippen molar-refractivity contribution in [2.45, 2.75) is 19.0 Å². The summed E-state index contributed by atoms with van der Waals surface area (Å²) in [5.74, 6) is 1.60. The third-order valence-electron chi connectivity index (χ3n) is 4.19. The van der Waals surface area contributed by atoms with Crippen molar-refractivity contribution in [3.8, 4) is 5.75 Å². The number of anilines is 2. The lowest BCUT2D eigenvalue weighted by atomic mass is 9.87. The first-order chi connectivity index (χ1) is 10.1. The molecule has 0 aromatic heterocycles. The Morgan fingerprint density at radius 1 is 1.14 bits per heavy atom. The van der Waals surface area contributed by atoms with Gasteiger partial charge in [0.05, 0.1) is 11.7 Å². The van der Waals surface area contributed by atoms with Gasteiger partial charge in [-0.25, -0.2) is 0 Å². The van der Waals surface area contributed by atoms with E-state index in [0.717, 1.165) is 34.0 Å². The maximum absolute atomic E-state index is 6.22. The van der Waals surface area contributed by atoms with Gasteiger partial charge in [-0.2, -0.15) is 0 Å². The Hall–Kier alpha value is -2.46. The van der Waals surface area contributed by atoms with Crippen molar-refractivity contribution < 1.29 is 4.74 Å². The van der Waals surface area contributed by atoms with E-state index in [1.807, 2.05) is 37.3 Å². The summed E-state index contributed by atoms with van der Waals surface area (Å²) in [5, 5.41) is 3.54. The molecule has 4 rings (SSSR count). The Bertz CT molecular complexity index is 767. The largest absolute Gasteiger partial charge is 0.457 e. The van der Waals surface area contributed by atoms with Gasteiger partial charge < -0.3 is 21.5 Å². The molecule has 0 radical (unpaired) electrons. The van der Waals surface area contributed by atoms with Crippen molar-refractivity contribution in [3.63, 3.8) is 0 Å². The molecule has 1 heterocycles. The number of benzene rings is 2. The zero-order valence-electron chi connectivity index (χ0n) is 11.8. The lowest BCUT2D eigenvalue weighted by Gasteiger charge is -2.35. The van der Waals surface area contributed by atoms with Gasteiger partial charge in [0.1, 0.15) is 11.8 Å². The molecule has 0 saturated carbocycles. The van der Waals surface area contributed by atoms with Crippen molar-refractivity contribution in [1.29, 1.82) is 0 Å². The Kier molecular flexibility index (Phi) is 2.50. The summed E-state index contributed by atoms with van der Waals surface area (Å²) in [7, 11) is 0. The predicted octanol–water partition coefficient (Wildman–Crippen LogP) is 3.02. The molecule has 1 aliphatic heterocycles. The number of nitrogens with one attached hydrogen (secondary N) is 1. The minimum atomic E-state index is -0.140. The number of ether oxygens (including phenoxy) is 1. The summed E-state index contributed by atoms with van der Waals surface area (Å²) >= 11 is 0. The standard InChI is InChI=1S/C17H17N3O/c1-9-6-14-15(7-12(9)18)21-16-8-13(19)10-4-2-3-5-11(10)17(16)20-14/h2-8,13,17,20H,18-19H2,1H3. The Morgan fingerprint density at radius 3 is 2.71 bits per heavy atom. The van der Waals surface area contributed by atoms with Gasteiger partial charge in [0.25, 0.3) is 0 Å². The molecule has 5 N–H and O–H groups in total. The minimum absolute atomic E-state index is 0.0107. The molecule has 1 aliphatic carbocycles. The molecule has 2 aromatic carbocycles. The van der Waals surface area contributed by atoms with E-state index in [1.165, 1.54) is 5.56 Å². The van der Waals surface area contributed by atoms with Gasteiger partial charge in [0, 0.05) is 11.8 Å². The summed E-state index contributed by atoms with van der Waals surface area (Å²) in [4.78, 5) is 0. The molecule has 0 amide bonds. The van der Waals surface area contributed by atoms with E-state index in [4.69, 9.17) is 16.2 Å². The van der Waals surface area contributed by atoms with Crippen molar-refractivity contribution in [2.75, 3.05) is 11.1 Å². The highest BCUT2D eigenvalue weighted by Gasteiger charge is 2.32. The molecule has 2 atom stereocenters. The number of rotatable bonds is 0. The first-order valence-electron chi connectivity index (χ1n) is 7.04. The Balaban J connectivity index is 1.84. The number of nitrogen functional groups attached to an aromatic ring is 1. The van der Waals surface area contributed by atoms with Crippen LogP contribution in [0.5, 0.6) is 5.75 Å². The first-order valence-corrected chi connectivity index (χ1v) is 7.04. The van der Waals surface area contributed by atoms with Gasteiger partial charge in [-0.3, -0.25) is 0 Å². The van der Waals surface area contributed by atoms with Gasteiger partial charge in [-0.1, -0.05) is 24.3 Å². The predicted molar refractivity (Wildman–Crippen MR) is 84.0 cm³/mol. The second kappa shape index (κ2) is 4.27. The average molecular weight is 279 g/mol. The zero-order chi connectivity index (χ0) is 14.6. The topological polar surface area (TPSA) is 73.3 Å². The molecule has 2 aromatic rings. The molecular weight excluding hydrogens is 262 g/mol. The van der Waals surface area contributed by atoms with Crippen LogP contribution in [0.3, 0.4) is 0 Å². The second-order valence-electron chi connectivity index (χ2n) is 5.61. The van der Waals surface area contributed by atoms with Crippen molar-refractivity contribution in [2.24, 2.45) is 5.73 Å². The van der Waals surface area contributed by atoms with Crippen molar-refractivity contribution >= 4 is 11.4 Å². The van der Waals surface area contributed by atoms with Crippen LogP contribution in [0.25, 0.3) is 0 Å². The molecule has 0 bridgehead atoms. The number of hydrogen-bond donors (Lipinski definition) is 3. The van der Waals surface area contributed by atoms with Crippen LogP contribution in [0.4, 0.5) is 11.4 Å². The fourth-order valence-electron chi connectivity index (χ4n) is 3.02. The van der Waals surface area contributed by atoms with Crippen LogP contribution in [-0.2, 0) is 0 Å². The molecule has 21 heavy (non-hydrogen) atoms. The SMILES string of the molecule is Cc1cc2c(cc1N)OC1=CC(N)c3ccccc3C1N2. The van der Waals surface area contributed by atoms with Gasteiger partial charge in [-0.15, -0.1) is 0 Å². The van der Waals surface area contributed by atoms with Crippen molar-refractivity contribution in [1.82, 2.24) is 0 Å². The summed E-state index contributed by atoms with van der Waals surface area (Å²) in [6.07, 6.45) is 1.97. The highest BCUT2D eigenvalue weighted by atomic mass is 16.5. The lowest BCUT2D eigenvalue weighted by molar-refractivity contribution is 0.370. The smallest absolute Gasteiger partial charge is 0.152 e. The van der Waals surface area contributed by atoms with Gasteiger partial charge in [0.2, 0.25) is 0 Å². The molecule has 0 fully saturated rings. The van der Waals surface area contributed by atoms with Crippen LogP contribution < -0.4 is 21.5 Å². The maximum Gasteiger partial charge on any atom is 0.152 e. The summed E-state index contributed by atoms with van der Waals surface area (Å²) in [6, 6.07) is 12.0. The monoisotopic (exact) mass is 279 g/mol. The molecule has 0 spiro atoms. The fourth-order valence-corrected chi connectivity index (χ4v) is 3.02. The lowest BCUT2D eigenvalue weighted by Crippen LogP contribution is -2.29. The van der Waals surface area contributed by atoms with Crippen molar-refractivity contribution in [3.05, 3.63) is 64.9 Å². The van der Waals surface area contributed by atoms with Crippen LogP contribution >= 0.6 is 0 Å². The number of fused-ring (bicyclic) bond motifs is 4. The second-order valence-corrected chi connectivity index (χ2v) is 5.61. The Labute approximate surface area is 123 Å². The molecular formula is C17H17N3O. The van der Waals surface area contributed by atoms with Crippen LogP contribution in [0, 0.1) is 6.92 Å². The quantitative estimate of drug-likeness (QED) is 0.648. The average Bonchev–Trinajstić information content (AvgIpc) is 2.48. The summed E-state index contributed by atoms with van der Waals surface area (Å²) < 4.78 is 6.04. The molecule has 0 saturated heterocycles. The van der Waals surface area contributed by atoms with E-state index >= 15 is 0 Å². The van der Waals surface area contributed by atoms with E-state index in [9.17, 15) is 0 Å². The highest BCUT2D eigenvalue weighted by Crippen LogP contribution is 2.45. The fraction of sp³-hybridized carbons (Fsp3) is 0.176. The van der Waals surface area contributed by atoms with E-state index in [1.54, 1.807) is 0 Å². The first kappa shape index (κ1) is 12.3. The zero-order valence-corrected chi connectivity index (χ0v) is 11.8. The van der Waals surface area contributed by atoms with Crippen LogP contribution in [0.2, 0.25) is 0 Å². The third-order valence-corrected chi connectivity index (χ3v) is 4.19. The molecule has 4 nitrogen and oxygen atoms in total. The van der Waals surface area contributed by atoms with E-state index < -0.39 is 0 Å². The normalized spacial score (nSPS) is 22.1. The van der Waals surface area contributed by atoms with Gasteiger partial charge in [0.15, 0.2) is 5.75 Å². The molecule has 4 heteroatoms. The number of aryl methyl sites for hydroxylation is 1. The third kappa shape index (κ3) is 1.80. The number of nitrogens with two attached hydrogens (primary N) is 2. The Morgan fingerprint density at radius 2 is 1.90 bits per heavy atom. The number of hydrogen-bond acceptors (Lipinski definition) is 4. The van der Waals surface area contributed by atoms with Gasteiger partial charge in [-0.05, 0) is 35.8 Å². The molecule has 106 valence electrons. The highest BCUT2D eigenvalue weighted by molar-refractivity contribution is 5.70. The van der Waals surface area contributed by atoms with Crippen LogP contribution in [0.15, 0.2) is 48.2 Å². The van der Waals surface area contributed by atoms with Crippen LogP contribution in [-0.4, -0.2) is 0 Å². The summed E-state index contributed by atoms with van der Waals surface area (Å²) in [6.45, 7) is 1.99. The van der Waals surface area contributed by atoms with E-state index in [0.29, 0.717) is 0 Å². The minimum Gasteiger partial charge on any atom is -0.457 e. The summed E-state index contributed by atoms with van der Waals surface area (Å²) in [5.41, 5.74) is 17.2. The molecule has 2 aliphatic rings. The van der Waals surface area contributed by atoms with Crippen LogP contribution in [0.1, 0.15) is 28.8 Å². The van der Waals surface area contributed by atoms with E-state index in [2.05, 4.69) is 17.4 Å². The van der Waals surface area contributed by atoms with E-state index in [-0.39, 0.29) is 12.1 Å². The van der Waals surface area contributed by atoms with Gasteiger partial charge >= 0.3 is 0 Å².